The summed E-state index contributed by atoms with van der Waals surface area (Å²) in [6, 6.07) is 5.71. The molecule has 2 aromatic rings. The third-order valence-corrected chi connectivity index (χ3v) is 5.42. The Morgan fingerprint density at radius 2 is 2.00 bits per heavy atom. The van der Waals surface area contributed by atoms with E-state index in [2.05, 4.69) is 4.98 Å². The van der Waals surface area contributed by atoms with Crippen LogP contribution in [0.15, 0.2) is 24.4 Å². The number of aliphatic hydroxyl groups is 4. The quantitative estimate of drug-likeness (QED) is 0.521. The molecule has 1 fully saturated rings. The largest absolute Gasteiger partial charge is 0.496 e. The van der Waals surface area contributed by atoms with Gasteiger partial charge in [-0.25, -0.2) is 0 Å². The number of H-pyrrole nitrogens is 1. The van der Waals surface area contributed by atoms with Gasteiger partial charge in [0.2, 0.25) is 0 Å². The lowest BCUT2D eigenvalue weighted by Gasteiger charge is -2.39. The number of hydrogen-bond donors (Lipinski definition) is 5. The first-order valence-corrected chi connectivity index (χ1v) is 8.66. The summed E-state index contributed by atoms with van der Waals surface area (Å²) in [5.41, 5.74) is 1.17. The number of methoxy groups -OCH3 is 1. The summed E-state index contributed by atoms with van der Waals surface area (Å²) in [6.45, 7) is -0.428. The van der Waals surface area contributed by atoms with Gasteiger partial charge in [-0.2, -0.15) is 0 Å². The van der Waals surface area contributed by atoms with Gasteiger partial charge >= 0.3 is 0 Å². The van der Waals surface area contributed by atoms with Crippen molar-refractivity contribution < 1.29 is 29.9 Å². The SMILES string of the molecule is COc1cccc2[nH]cc(CS[C@@H]3O[C@H](CO)[C@@H](O)[C@H](O)[C@H]3O)c12. The van der Waals surface area contributed by atoms with E-state index in [0.717, 1.165) is 22.2 Å². The standard InChI is InChI=1S/C16H21NO6S/c1-22-10-4-2-3-9-12(10)8(5-17-9)7-24-16-15(21)14(20)13(19)11(6-18)23-16/h2-5,11,13-21H,6-7H2,1H3/t11-,13-,14+,15-,16+/m1/s1. The molecule has 3 rings (SSSR count). The Labute approximate surface area is 143 Å². The molecule has 1 saturated heterocycles. The van der Waals surface area contributed by atoms with E-state index in [-0.39, 0.29) is 0 Å². The number of thioether (sulfide) groups is 1. The molecule has 0 aliphatic carbocycles. The predicted molar refractivity (Wildman–Crippen MR) is 89.9 cm³/mol. The number of ether oxygens (including phenoxy) is 2. The summed E-state index contributed by atoms with van der Waals surface area (Å²) < 4.78 is 10.9. The zero-order valence-corrected chi connectivity index (χ0v) is 13.9. The number of aliphatic hydroxyl groups excluding tert-OH is 4. The van der Waals surface area contributed by atoms with E-state index in [1.807, 2.05) is 24.4 Å². The summed E-state index contributed by atoms with van der Waals surface area (Å²) in [6.07, 6.45) is -2.95. The van der Waals surface area contributed by atoms with Crippen LogP contribution >= 0.6 is 11.8 Å². The zero-order valence-electron chi connectivity index (χ0n) is 13.1. The smallest absolute Gasteiger partial charge is 0.132 e. The molecule has 1 aliphatic heterocycles. The van der Waals surface area contributed by atoms with Crippen molar-refractivity contribution in [2.45, 2.75) is 35.6 Å². The number of aromatic nitrogens is 1. The molecule has 8 heteroatoms. The number of rotatable bonds is 5. The minimum Gasteiger partial charge on any atom is -0.496 e. The van der Waals surface area contributed by atoms with E-state index in [0.29, 0.717) is 5.75 Å². The van der Waals surface area contributed by atoms with Gasteiger partial charge in [-0.3, -0.25) is 0 Å². The average molecular weight is 355 g/mol. The van der Waals surface area contributed by atoms with Crippen LogP contribution in [-0.2, 0) is 10.5 Å². The maximum absolute atomic E-state index is 10.1. The highest BCUT2D eigenvalue weighted by molar-refractivity contribution is 7.99. The van der Waals surface area contributed by atoms with Crippen molar-refractivity contribution in [2.24, 2.45) is 0 Å². The van der Waals surface area contributed by atoms with Crippen molar-refractivity contribution in [3.8, 4) is 5.75 Å². The number of aromatic amines is 1. The van der Waals surface area contributed by atoms with Gasteiger partial charge < -0.3 is 34.9 Å². The van der Waals surface area contributed by atoms with Gasteiger partial charge in [-0.1, -0.05) is 6.07 Å². The normalized spacial score (nSPS) is 30.6. The maximum atomic E-state index is 10.1. The zero-order chi connectivity index (χ0) is 17.3. The van der Waals surface area contributed by atoms with E-state index >= 15 is 0 Å². The van der Waals surface area contributed by atoms with Crippen LogP contribution < -0.4 is 4.74 Å². The average Bonchev–Trinajstić information content (AvgIpc) is 3.02. The summed E-state index contributed by atoms with van der Waals surface area (Å²) in [5.74, 6) is 1.25. The Kier molecular flexibility index (Phi) is 5.33. The molecule has 5 N–H and O–H groups in total. The van der Waals surface area contributed by atoms with Crippen LogP contribution in [-0.4, -0.2) is 69.0 Å². The number of fused-ring (bicyclic) bond motifs is 1. The highest BCUT2D eigenvalue weighted by Gasteiger charge is 2.43. The molecule has 1 aliphatic rings. The van der Waals surface area contributed by atoms with Crippen LogP contribution in [0.3, 0.4) is 0 Å². The Balaban J connectivity index is 1.76. The van der Waals surface area contributed by atoms with Crippen molar-refractivity contribution in [3.05, 3.63) is 30.0 Å². The first-order valence-electron chi connectivity index (χ1n) is 7.62. The van der Waals surface area contributed by atoms with Gasteiger partial charge in [-0.15, -0.1) is 11.8 Å². The molecule has 0 spiro atoms. The van der Waals surface area contributed by atoms with Crippen LogP contribution in [0.2, 0.25) is 0 Å². The van der Waals surface area contributed by atoms with E-state index < -0.39 is 36.5 Å². The molecule has 0 bridgehead atoms. The molecular weight excluding hydrogens is 334 g/mol. The van der Waals surface area contributed by atoms with Crippen molar-refractivity contribution in [2.75, 3.05) is 13.7 Å². The van der Waals surface area contributed by atoms with Crippen molar-refractivity contribution in [3.63, 3.8) is 0 Å². The van der Waals surface area contributed by atoms with E-state index in [1.165, 1.54) is 11.8 Å². The van der Waals surface area contributed by atoms with Gasteiger partial charge in [-0.05, 0) is 17.7 Å². The predicted octanol–water partition coefficient (Wildman–Crippen LogP) is 0.210. The van der Waals surface area contributed by atoms with Crippen LogP contribution in [0.5, 0.6) is 5.75 Å². The van der Waals surface area contributed by atoms with Crippen molar-refractivity contribution >= 4 is 22.7 Å². The molecule has 132 valence electrons. The molecule has 0 amide bonds. The number of hydrogen-bond acceptors (Lipinski definition) is 7. The second-order valence-corrected chi connectivity index (χ2v) is 6.79. The number of nitrogens with one attached hydrogen (secondary N) is 1. The fraction of sp³-hybridized carbons (Fsp3) is 0.500. The van der Waals surface area contributed by atoms with Gasteiger partial charge in [0.15, 0.2) is 0 Å². The maximum Gasteiger partial charge on any atom is 0.132 e. The molecular formula is C16H21NO6S. The topological polar surface area (TPSA) is 115 Å². The minimum absolute atomic E-state index is 0.428. The van der Waals surface area contributed by atoms with E-state index in [4.69, 9.17) is 9.47 Å². The Morgan fingerprint density at radius 3 is 2.71 bits per heavy atom. The summed E-state index contributed by atoms with van der Waals surface area (Å²) in [4.78, 5) is 3.17. The molecule has 0 unspecified atom stereocenters. The lowest BCUT2D eigenvalue weighted by atomic mass is 10.0. The Bertz CT molecular complexity index is 690. The molecule has 5 atom stereocenters. The first kappa shape index (κ1) is 17.5. The lowest BCUT2D eigenvalue weighted by Crippen LogP contribution is -2.57. The van der Waals surface area contributed by atoms with Crippen LogP contribution in [0, 0.1) is 0 Å². The molecule has 0 saturated carbocycles. The van der Waals surface area contributed by atoms with Crippen molar-refractivity contribution in [1.29, 1.82) is 0 Å². The monoisotopic (exact) mass is 355 g/mol. The van der Waals surface area contributed by atoms with E-state index in [1.54, 1.807) is 7.11 Å². The first-order chi connectivity index (χ1) is 11.6. The minimum atomic E-state index is -1.36. The van der Waals surface area contributed by atoms with Crippen molar-refractivity contribution in [1.82, 2.24) is 4.98 Å². The Morgan fingerprint density at radius 1 is 1.21 bits per heavy atom. The van der Waals surface area contributed by atoms with Gasteiger partial charge in [0, 0.05) is 22.9 Å². The van der Waals surface area contributed by atoms with Crippen LogP contribution in [0.1, 0.15) is 5.56 Å². The highest BCUT2D eigenvalue weighted by Crippen LogP contribution is 2.35. The van der Waals surface area contributed by atoms with E-state index in [9.17, 15) is 20.4 Å². The third-order valence-electron chi connectivity index (χ3n) is 4.22. The summed E-state index contributed by atoms with van der Waals surface area (Å²) >= 11 is 1.29. The molecule has 7 nitrogen and oxygen atoms in total. The van der Waals surface area contributed by atoms with Gasteiger partial charge in [0.25, 0.3) is 0 Å². The molecule has 1 aromatic heterocycles. The second kappa shape index (κ2) is 7.30. The molecule has 1 aromatic carbocycles. The molecule has 0 radical (unpaired) electrons. The van der Waals surface area contributed by atoms with Gasteiger partial charge in [0.05, 0.1) is 13.7 Å². The number of benzene rings is 1. The summed E-state index contributed by atoms with van der Waals surface area (Å²) in [5, 5.41) is 39.9. The fourth-order valence-electron chi connectivity index (χ4n) is 2.88. The lowest BCUT2D eigenvalue weighted by molar-refractivity contribution is -0.205. The molecule has 24 heavy (non-hydrogen) atoms. The Hall–Kier alpha value is -1.29. The fourth-order valence-corrected chi connectivity index (χ4v) is 4.03. The van der Waals surface area contributed by atoms with Crippen LogP contribution in [0.25, 0.3) is 10.9 Å². The summed E-state index contributed by atoms with van der Waals surface area (Å²) in [7, 11) is 1.61. The highest BCUT2D eigenvalue weighted by atomic mass is 32.2. The molecule has 2 heterocycles. The van der Waals surface area contributed by atoms with Crippen LogP contribution in [0.4, 0.5) is 0 Å². The van der Waals surface area contributed by atoms with Gasteiger partial charge in [0.1, 0.15) is 35.6 Å². The third kappa shape index (κ3) is 3.13. The second-order valence-electron chi connectivity index (χ2n) is 5.71.